The Kier molecular flexibility index (Phi) is 3.51. The fourth-order valence-electron chi connectivity index (χ4n) is 0.493. The van der Waals surface area contributed by atoms with Crippen LogP contribution in [0.4, 0.5) is 4.39 Å². The quantitative estimate of drug-likeness (QED) is 0.530. The van der Waals surface area contributed by atoms with E-state index in [2.05, 4.69) is 0 Å². The van der Waals surface area contributed by atoms with Gasteiger partial charge in [-0.05, 0) is 0 Å². The molecule has 0 spiro atoms. The smallest absolute Gasteiger partial charge is 0.226 e. The Balaban J connectivity index is 3.72. The molecule has 0 N–H and O–H groups in total. The second-order valence-electron chi connectivity index (χ2n) is 2.63. The Labute approximate surface area is 55.7 Å². The van der Waals surface area contributed by atoms with Gasteiger partial charge in [-0.25, -0.2) is 4.39 Å². The predicted molar refractivity (Wildman–Crippen MR) is 37.7 cm³/mol. The third-order valence-electron chi connectivity index (χ3n) is 1.64. The van der Waals surface area contributed by atoms with Crippen LogP contribution in [-0.2, 0) is 4.79 Å². The van der Waals surface area contributed by atoms with Gasteiger partial charge in [0, 0.05) is 0 Å². The highest BCUT2D eigenvalue weighted by atomic mass is 19.1. The lowest BCUT2D eigenvalue weighted by molar-refractivity contribution is -0.113. The highest BCUT2D eigenvalue weighted by Crippen LogP contribution is 2.07. The maximum Gasteiger partial charge on any atom is 0.226 e. The van der Waals surface area contributed by atoms with Crippen molar-refractivity contribution in [2.75, 3.05) is 6.67 Å². The zero-order chi connectivity index (χ0) is 7.44. The molecule has 0 atom stereocenters. The molecule has 52 valence electrons. The maximum absolute atomic E-state index is 11.6. The van der Waals surface area contributed by atoms with E-state index in [0.29, 0.717) is 0 Å². The Bertz CT molecular complexity index is 103. The van der Waals surface area contributed by atoms with Crippen LogP contribution in [0.15, 0.2) is 0 Å². The van der Waals surface area contributed by atoms with Crippen LogP contribution in [0.1, 0.15) is 13.8 Å². The van der Waals surface area contributed by atoms with Gasteiger partial charge in [-0.1, -0.05) is 26.5 Å². The highest BCUT2D eigenvalue weighted by Gasteiger charge is 2.20. The second kappa shape index (κ2) is 3.65. The number of alkyl halides is 1. The lowest BCUT2D eigenvalue weighted by atomic mass is 9.41. The summed E-state index contributed by atoms with van der Waals surface area (Å²) in [6.07, 6.45) is 0. The van der Waals surface area contributed by atoms with E-state index >= 15 is 0 Å². The summed E-state index contributed by atoms with van der Waals surface area (Å²) < 4.78 is 11.6. The van der Waals surface area contributed by atoms with Crippen molar-refractivity contribution in [3.05, 3.63) is 0 Å². The molecule has 0 aromatic rings. The van der Waals surface area contributed by atoms with Crippen LogP contribution in [0.2, 0.25) is 12.6 Å². The molecule has 1 nitrogen and oxygen atoms in total. The lowest BCUT2D eigenvalue weighted by Crippen LogP contribution is -2.26. The van der Waals surface area contributed by atoms with E-state index < -0.39 is 6.67 Å². The van der Waals surface area contributed by atoms with Gasteiger partial charge in [0.1, 0.15) is 12.4 Å². The lowest BCUT2D eigenvalue weighted by Gasteiger charge is -2.06. The number of halogens is 1. The van der Waals surface area contributed by atoms with Crippen LogP contribution in [0, 0.1) is 0 Å². The van der Waals surface area contributed by atoms with Crippen molar-refractivity contribution >= 4 is 12.4 Å². The van der Waals surface area contributed by atoms with E-state index in [1.807, 2.05) is 13.8 Å². The Morgan fingerprint density at radius 1 is 1.67 bits per heavy atom. The summed E-state index contributed by atoms with van der Waals surface area (Å²) in [6.45, 7) is 4.64. The first-order valence-electron chi connectivity index (χ1n) is 3.18. The van der Waals surface area contributed by atoms with Crippen LogP contribution < -0.4 is 0 Å². The molecule has 0 fully saturated rings. The van der Waals surface area contributed by atoms with Crippen LogP contribution >= 0.6 is 0 Å². The van der Waals surface area contributed by atoms with Crippen molar-refractivity contribution < 1.29 is 9.18 Å². The molecule has 0 aliphatic carbocycles. The number of hydrogen-bond acceptors (Lipinski definition) is 1. The van der Waals surface area contributed by atoms with Crippen LogP contribution in [0.25, 0.3) is 0 Å². The second-order valence-corrected chi connectivity index (χ2v) is 2.63. The first kappa shape index (κ1) is 8.66. The van der Waals surface area contributed by atoms with E-state index in [4.69, 9.17) is 0 Å². The topological polar surface area (TPSA) is 17.1 Å². The van der Waals surface area contributed by atoms with Gasteiger partial charge in [-0.15, -0.1) is 0 Å². The molecule has 0 amide bonds. The van der Waals surface area contributed by atoms with Gasteiger partial charge in [-0.3, -0.25) is 0 Å². The molecule has 0 unspecified atom stereocenters. The zero-order valence-corrected chi connectivity index (χ0v) is 6.15. The summed E-state index contributed by atoms with van der Waals surface area (Å²) in [4.78, 5) is 10.6. The summed E-state index contributed by atoms with van der Waals surface area (Å²) in [6, 6.07) is 0. The molecule has 0 bridgehead atoms. The van der Waals surface area contributed by atoms with Crippen molar-refractivity contribution in [3.8, 4) is 0 Å². The molecular formula is C6H12BFO. The van der Waals surface area contributed by atoms with E-state index in [0.717, 1.165) is 0 Å². The van der Waals surface area contributed by atoms with Gasteiger partial charge in [-0.2, -0.15) is 0 Å². The molecule has 3 heteroatoms. The SMILES string of the molecule is CB(C(=O)CF)C(C)C. The molecule has 0 heterocycles. The largest absolute Gasteiger partial charge is 0.308 e. The number of hydrogen-bond donors (Lipinski definition) is 0. The van der Waals surface area contributed by atoms with Crippen LogP contribution in [-0.4, -0.2) is 19.1 Å². The standard InChI is InChI=1S/C6H12BFO/c1-5(2)7(3)6(9)4-8/h5H,4H2,1-3H3. The van der Waals surface area contributed by atoms with E-state index in [1.54, 1.807) is 6.82 Å². The normalized spacial score (nSPS) is 9.89. The van der Waals surface area contributed by atoms with Gasteiger partial charge in [0.15, 0.2) is 0 Å². The Morgan fingerprint density at radius 2 is 2.11 bits per heavy atom. The number of rotatable bonds is 3. The third-order valence-corrected chi connectivity index (χ3v) is 1.64. The van der Waals surface area contributed by atoms with Crippen molar-refractivity contribution in [2.45, 2.75) is 26.5 Å². The highest BCUT2D eigenvalue weighted by molar-refractivity contribution is 6.90. The zero-order valence-electron chi connectivity index (χ0n) is 6.15. The first-order valence-corrected chi connectivity index (χ1v) is 3.18. The fraction of sp³-hybridized carbons (Fsp3) is 0.833. The average molecular weight is 130 g/mol. The summed E-state index contributed by atoms with van der Waals surface area (Å²) >= 11 is 0. The molecule has 0 rings (SSSR count). The van der Waals surface area contributed by atoms with E-state index in [9.17, 15) is 9.18 Å². The molecule has 0 saturated carbocycles. The van der Waals surface area contributed by atoms with Crippen LogP contribution in [0.3, 0.4) is 0 Å². The monoisotopic (exact) mass is 130 g/mol. The molecule has 0 aromatic heterocycles. The van der Waals surface area contributed by atoms with Gasteiger partial charge < -0.3 is 4.79 Å². The fourth-order valence-corrected chi connectivity index (χ4v) is 0.493. The minimum Gasteiger partial charge on any atom is -0.308 e. The third kappa shape index (κ3) is 2.63. The summed E-state index contributed by atoms with van der Waals surface area (Å²) in [7, 11) is 0. The molecule has 0 saturated heterocycles. The van der Waals surface area contributed by atoms with Gasteiger partial charge in [0.05, 0.1) is 0 Å². The number of carbonyl (C=O) groups is 1. The summed E-state index contributed by atoms with van der Waals surface area (Å²) in [5.41, 5.74) is -0.287. The van der Waals surface area contributed by atoms with Gasteiger partial charge in [0.2, 0.25) is 6.71 Å². The minimum absolute atomic E-state index is 0.130. The molecule has 0 aromatic carbocycles. The molecule has 0 aliphatic heterocycles. The molecule has 9 heavy (non-hydrogen) atoms. The predicted octanol–water partition coefficient (Wildman–Crippen LogP) is 1.60. The summed E-state index contributed by atoms with van der Waals surface area (Å²) in [5, 5.41) is 0. The maximum atomic E-state index is 11.6. The van der Waals surface area contributed by atoms with Crippen molar-refractivity contribution in [1.29, 1.82) is 0 Å². The van der Waals surface area contributed by atoms with Crippen molar-refractivity contribution in [3.63, 3.8) is 0 Å². The van der Waals surface area contributed by atoms with Crippen LogP contribution in [0.5, 0.6) is 0 Å². The average Bonchev–Trinajstić information content (AvgIpc) is 1.84. The first-order chi connectivity index (χ1) is 4.09. The summed E-state index contributed by atoms with van der Waals surface area (Å²) in [5.74, 6) is 0.258. The molecule has 0 aliphatic rings. The number of carbonyl (C=O) groups excluding carboxylic acids is 1. The minimum atomic E-state index is -0.820. The van der Waals surface area contributed by atoms with Crippen molar-refractivity contribution in [1.82, 2.24) is 0 Å². The van der Waals surface area contributed by atoms with Crippen molar-refractivity contribution in [2.24, 2.45) is 0 Å². The van der Waals surface area contributed by atoms with E-state index in [-0.39, 0.29) is 18.2 Å². The Hall–Kier alpha value is -0.335. The van der Waals surface area contributed by atoms with Gasteiger partial charge in [0.25, 0.3) is 0 Å². The molecular weight excluding hydrogens is 118 g/mol. The van der Waals surface area contributed by atoms with E-state index in [1.165, 1.54) is 0 Å². The molecule has 0 radical (unpaired) electrons. The van der Waals surface area contributed by atoms with Gasteiger partial charge >= 0.3 is 0 Å². The Morgan fingerprint density at radius 3 is 2.22 bits per heavy atom.